The Morgan fingerprint density at radius 3 is 2.22 bits per heavy atom. The van der Waals surface area contributed by atoms with Gasteiger partial charge in [-0.1, -0.05) is 25.0 Å². The van der Waals surface area contributed by atoms with E-state index in [1.165, 1.54) is 43.4 Å². The van der Waals surface area contributed by atoms with Crippen molar-refractivity contribution in [2.45, 2.75) is 32.1 Å². The molecule has 1 aliphatic rings. The van der Waals surface area contributed by atoms with Crippen LogP contribution < -0.4 is 10.6 Å². The van der Waals surface area contributed by atoms with Gasteiger partial charge >= 0.3 is 0 Å². The van der Waals surface area contributed by atoms with Crippen LogP contribution in [0, 0.1) is 11.8 Å². The number of nitrogens with two attached hydrogens (primary N) is 1. The molecule has 1 aliphatic carbocycles. The summed E-state index contributed by atoms with van der Waals surface area (Å²) in [7, 11) is 4.17. The molecule has 0 bridgehead atoms. The van der Waals surface area contributed by atoms with Gasteiger partial charge in [0.15, 0.2) is 0 Å². The third-order valence-electron chi connectivity index (χ3n) is 4.32. The molecule has 2 nitrogen and oxygen atoms in total. The van der Waals surface area contributed by atoms with E-state index in [2.05, 4.69) is 43.3 Å². The fourth-order valence-electron chi connectivity index (χ4n) is 3.10. The summed E-state index contributed by atoms with van der Waals surface area (Å²) in [5, 5.41) is 0. The summed E-state index contributed by atoms with van der Waals surface area (Å²) < 4.78 is 0. The topological polar surface area (TPSA) is 29.3 Å². The Morgan fingerprint density at radius 1 is 1.06 bits per heavy atom. The van der Waals surface area contributed by atoms with E-state index in [-0.39, 0.29) is 0 Å². The fourth-order valence-corrected chi connectivity index (χ4v) is 3.10. The molecule has 0 saturated heterocycles. The maximum Gasteiger partial charge on any atom is 0.0361 e. The molecule has 0 amide bonds. The first-order chi connectivity index (χ1) is 8.70. The van der Waals surface area contributed by atoms with Crippen LogP contribution in [-0.2, 0) is 6.42 Å². The lowest BCUT2D eigenvalue weighted by atomic mass is 9.76. The molecule has 2 atom stereocenters. The van der Waals surface area contributed by atoms with E-state index in [0.717, 1.165) is 18.4 Å². The molecule has 1 saturated carbocycles. The predicted octanol–water partition coefficient (Wildman–Crippen LogP) is 3.06. The van der Waals surface area contributed by atoms with Crippen molar-refractivity contribution >= 4 is 5.69 Å². The molecule has 18 heavy (non-hydrogen) atoms. The molecule has 1 aromatic carbocycles. The van der Waals surface area contributed by atoms with Crippen LogP contribution in [0.4, 0.5) is 5.69 Å². The maximum atomic E-state index is 5.90. The first kappa shape index (κ1) is 13.4. The van der Waals surface area contributed by atoms with E-state index < -0.39 is 0 Å². The zero-order valence-corrected chi connectivity index (χ0v) is 11.7. The van der Waals surface area contributed by atoms with Gasteiger partial charge in [0.25, 0.3) is 0 Å². The Kier molecular flexibility index (Phi) is 4.65. The van der Waals surface area contributed by atoms with E-state index in [0.29, 0.717) is 0 Å². The molecule has 2 N–H and O–H groups in total. The van der Waals surface area contributed by atoms with Gasteiger partial charge in [0.2, 0.25) is 0 Å². The molecule has 0 radical (unpaired) electrons. The summed E-state index contributed by atoms with van der Waals surface area (Å²) in [6.07, 6.45) is 6.65. The second-order valence-electron chi connectivity index (χ2n) is 5.81. The van der Waals surface area contributed by atoms with Crippen LogP contribution in [0.2, 0.25) is 0 Å². The molecule has 100 valence electrons. The van der Waals surface area contributed by atoms with Gasteiger partial charge in [-0.15, -0.1) is 0 Å². The summed E-state index contributed by atoms with van der Waals surface area (Å²) in [6, 6.07) is 8.99. The van der Waals surface area contributed by atoms with Crippen molar-refractivity contribution in [3.63, 3.8) is 0 Å². The Bertz CT molecular complexity index is 356. The van der Waals surface area contributed by atoms with Crippen LogP contribution in [0.25, 0.3) is 0 Å². The van der Waals surface area contributed by atoms with Crippen molar-refractivity contribution < 1.29 is 0 Å². The summed E-state index contributed by atoms with van der Waals surface area (Å²) in [5.74, 6) is 1.54. The van der Waals surface area contributed by atoms with Crippen LogP contribution in [0.1, 0.15) is 31.2 Å². The summed E-state index contributed by atoms with van der Waals surface area (Å²) in [6.45, 7) is 0.862. The van der Waals surface area contributed by atoms with Gasteiger partial charge in [-0.05, 0) is 55.3 Å². The van der Waals surface area contributed by atoms with Crippen LogP contribution in [0.15, 0.2) is 24.3 Å². The molecule has 1 aromatic rings. The number of nitrogens with zero attached hydrogens (tertiary/aromatic N) is 1. The summed E-state index contributed by atoms with van der Waals surface area (Å²) in [4.78, 5) is 2.15. The molecule has 0 spiro atoms. The van der Waals surface area contributed by atoms with Crippen molar-refractivity contribution in [3.05, 3.63) is 29.8 Å². The van der Waals surface area contributed by atoms with Gasteiger partial charge in [0.05, 0.1) is 0 Å². The van der Waals surface area contributed by atoms with E-state index in [9.17, 15) is 0 Å². The van der Waals surface area contributed by atoms with Gasteiger partial charge in [-0.25, -0.2) is 0 Å². The van der Waals surface area contributed by atoms with Gasteiger partial charge in [-0.3, -0.25) is 0 Å². The SMILES string of the molecule is CN(C)c1ccc(CC2CCCCC2CN)cc1. The number of hydrogen-bond donors (Lipinski definition) is 1. The largest absolute Gasteiger partial charge is 0.378 e. The molecule has 0 heterocycles. The number of anilines is 1. The van der Waals surface area contributed by atoms with E-state index in [4.69, 9.17) is 5.73 Å². The highest BCUT2D eigenvalue weighted by Crippen LogP contribution is 2.32. The maximum absolute atomic E-state index is 5.90. The normalized spacial score (nSPS) is 23.9. The third-order valence-corrected chi connectivity index (χ3v) is 4.32. The highest BCUT2D eigenvalue weighted by molar-refractivity contribution is 5.46. The second-order valence-corrected chi connectivity index (χ2v) is 5.81. The highest BCUT2D eigenvalue weighted by Gasteiger charge is 2.23. The molecular weight excluding hydrogens is 220 g/mol. The predicted molar refractivity (Wildman–Crippen MR) is 79.0 cm³/mol. The molecule has 2 rings (SSSR count). The van der Waals surface area contributed by atoms with Crippen molar-refractivity contribution in [2.24, 2.45) is 17.6 Å². The third kappa shape index (κ3) is 3.26. The van der Waals surface area contributed by atoms with E-state index in [1.807, 2.05) is 0 Å². The molecule has 2 unspecified atom stereocenters. The Balaban J connectivity index is 1.99. The molecule has 0 aliphatic heterocycles. The first-order valence-corrected chi connectivity index (χ1v) is 7.17. The van der Waals surface area contributed by atoms with E-state index >= 15 is 0 Å². The van der Waals surface area contributed by atoms with Gasteiger partial charge < -0.3 is 10.6 Å². The minimum Gasteiger partial charge on any atom is -0.378 e. The Labute approximate surface area is 111 Å². The zero-order valence-electron chi connectivity index (χ0n) is 11.7. The van der Waals surface area contributed by atoms with Crippen molar-refractivity contribution in [1.82, 2.24) is 0 Å². The minimum absolute atomic E-state index is 0.743. The quantitative estimate of drug-likeness (QED) is 0.884. The average molecular weight is 246 g/mol. The molecule has 2 heteroatoms. The zero-order chi connectivity index (χ0) is 13.0. The molecule has 0 aromatic heterocycles. The molecular formula is C16H26N2. The van der Waals surface area contributed by atoms with E-state index in [1.54, 1.807) is 0 Å². The second kappa shape index (κ2) is 6.24. The highest BCUT2D eigenvalue weighted by atomic mass is 15.1. The first-order valence-electron chi connectivity index (χ1n) is 7.17. The summed E-state index contributed by atoms with van der Waals surface area (Å²) in [5.41, 5.74) is 8.64. The van der Waals surface area contributed by atoms with Crippen molar-refractivity contribution in [2.75, 3.05) is 25.5 Å². The lowest BCUT2D eigenvalue weighted by molar-refractivity contribution is 0.242. The number of hydrogen-bond acceptors (Lipinski definition) is 2. The van der Waals surface area contributed by atoms with Crippen LogP contribution >= 0.6 is 0 Å². The minimum atomic E-state index is 0.743. The fraction of sp³-hybridized carbons (Fsp3) is 0.625. The lowest BCUT2D eigenvalue weighted by Gasteiger charge is -2.30. The van der Waals surface area contributed by atoms with Crippen LogP contribution in [0.3, 0.4) is 0 Å². The van der Waals surface area contributed by atoms with Crippen LogP contribution in [-0.4, -0.2) is 20.6 Å². The Morgan fingerprint density at radius 2 is 1.67 bits per heavy atom. The number of benzene rings is 1. The van der Waals surface area contributed by atoms with Gasteiger partial charge in [0.1, 0.15) is 0 Å². The molecule has 1 fully saturated rings. The lowest BCUT2D eigenvalue weighted by Crippen LogP contribution is -2.28. The Hall–Kier alpha value is -1.02. The van der Waals surface area contributed by atoms with Gasteiger partial charge in [0, 0.05) is 19.8 Å². The standard InChI is InChI=1S/C16H26N2/c1-18(2)16-9-7-13(8-10-16)11-14-5-3-4-6-15(14)12-17/h7-10,14-15H,3-6,11-12,17H2,1-2H3. The smallest absolute Gasteiger partial charge is 0.0361 e. The summed E-state index contributed by atoms with van der Waals surface area (Å²) >= 11 is 0. The van der Waals surface area contributed by atoms with Gasteiger partial charge in [-0.2, -0.15) is 0 Å². The van der Waals surface area contributed by atoms with Crippen LogP contribution in [0.5, 0.6) is 0 Å². The monoisotopic (exact) mass is 246 g/mol. The van der Waals surface area contributed by atoms with Crippen molar-refractivity contribution in [3.8, 4) is 0 Å². The van der Waals surface area contributed by atoms with Crippen molar-refractivity contribution in [1.29, 1.82) is 0 Å². The average Bonchev–Trinajstić information content (AvgIpc) is 2.40. The number of rotatable bonds is 4.